The molecule has 1 rings (SSSR count). The van der Waals surface area contributed by atoms with Crippen molar-refractivity contribution in [1.29, 1.82) is 0 Å². The molecule has 0 spiro atoms. The summed E-state index contributed by atoms with van der Waals surface area (Å²) in [5.74, 6) is -0.656. The van der Waals surface area contributed by atoms with Crippen LogP contribution in [0.5, 0.6) is 0 Å². The first-order valence-electron chi connectivity index (χ1n) is 5.84. The molecule has 1 amide bonds. The maximum Gasteiger partial charge on any atom is 0.411 e. The Morgan fingerprint density at radius 2 is 2.05 bits per heavy atom. The summed E-state index contributed by atoms with van der Waals surface area (Å²) in [4.78, 5) is 11.7. The molecule has 0 unspecified atom stereocenters. The molecular formula is C12H14F3N3O3. The lowest BCUT2D eigenvalue weighted by Gasteiger charge is -2.09. The molecule has 0 heterocycles. The van der Waals surface area contributed by atoms with Crippen LogP contribution in [0.15, 0.2) is 29.4 Å². The van der Waals surface area contributed by atoms with Crippen molar-refractivity contribution in [3.05, 3.63) is 35.4 Å². The smallest absolute Gasteiger partial charge is 0.409 e. The molecule has 1 aromatic carbocycles. The highest BCUT2D eigenvalue weighted by Crippen LogP contribution is 2.14. The number of alkyl halides is 3. The highest BCUT2D eigenvalue weighted by molar-refractivity contribution is 6.01. The first kappa shape index (κ1) is 16.8. The number of benzene rings is 1. The van der Waals surface area contributed by atoms with E-state index in [1.165, 1.54) is 24.3 Å². The largest absolute Gasteiger partial charge is 0.411 e. The van der Waals surface area contributed by atoms with E-state index in [0.29, 0.717) is 5.56 Å². The predicted octanol–water partition coefficient (Wildman–Crippen LogP) is 1.09. The van der Waals surface area contributed by atoms with Gasteiger partial charge in [0.15, 0.2) is 5.84 Å². The lowest BCUT2D eigenvalue weighted by Crippen LogP contribution is -2.29. The fraction of sp³-hybridized carbons (Fsp3) is 0.333. The van der Waals surface area contributed by atoms with E-state index in [0.717, 1.165) is 0 Å². The highest BCUT2D eigenvalue weighted by atomic mass is 19.4. The predicted molar refractivity (Wildman–Crippen MR) is 68.2 cm³/mol. The van der Waals surface area contributed by atoms with E-state index in [1.807, 2.05) is 0 Å². The van der Waals surface area contributed by atoms with Gasteiger partial charge in [-0.15, -0.1) is 0 Å². The van der Waals surface area contributed by atoms with Crippen LogP contribution in [0.25, 0.3) is 0 Å². The Balaban J connectivity index is 2.46. The first-order valence-corrected chi connectivity index (χ1v) is 5.84. The van der Waals surface area contributed by atoms with Gasteiger partial charge in [-0.1, -0.05) is 17.3 Å². The van der Waals surface area contributed by atoms with Gasteiger partial charge < -0.3 is 21.0 Å². The number of hydrogen-bond donors (Lipinski definition) is 3. The van der Waals surface area contributed by atoms with E-state index < -0.39 is 18.7 Å². The number of amides is 1. The third kappa shape index (κ3) is 6.13. The van der Waals surface area contributed by atoms with Gasteiger partial charge in [-0.25, -0.2) is 0 Å². The van der Waals surface area contributed by atoms with Gasteiger partial charge in [0, 0.05) is 17.7 Å². The second-order valence-corrected chi connectivity index (χ2v) is 3.99. The topological polar surface area (TPSA) is 96.9 Å². The average Bonchev–Trinajstić information content (AvgIpc) is 2.44. The Morgan fingerprint density at radius 3 is 2.67 bits per heavy atom. The van der Waals surface area contributed by atoms with Crippen molar-refractivity contribution >= 4 is 11.7 Å². The van der Waals surface area contributed by atoms with Crippen molar-refractivity contribution in [2.45, 2.75) is 6.18 Å². The fourth-order valence-electron chi connectivity index (χ4n) is 1.40. The summed E-state index contributed by atoms with van der Waals surface area (Å²) in [5, 5.41) is 13.7. The zero-order chi connectivity index (χ0) is 15.9. The van der Waals surface area contributed by atoms with Crippen LogP contribution in [0, 0.1) is 0 Å². The van der Waals surface area contributed by atoms with Gasteiger partial charge in [0.2, 0.25) is 0 Å². The standard InChI is InChI=1S/C12H14F3N3O3/c13-12(14,15)7-21-5-4-17-11(19)9-3-1-2-8(6-9)10(16)18-20/h1-3,6,20H,4-5,7H2,(H2,16,18)(H,17,19). The van der Waals surface area contributed by atoms with Crippen molar-refractivity contribution in [2.24, 2.45) is 10.9 Å². The Kier molecular flexibility index (Phi) is 5.97. The Bertz CT molecular complexity index is 518. The van der Waals surface area contributed by atoms with Gasteiger partial charge in [0.05, 0.1) is 6.61 Å². The molecule has 1 aromatic rings. The summed E-state index contributed by atoms with van der Waals surface area (Å²) in [6, 6.07) is 5.95. The summed E-state index contributed by atoms with van der Waals surface area (Å²) in [6.45, 7) is -1.68. The van der Waals surface area contributed by atoms with Gasteiger partial charge in [0.25, 0.3) is 5.91 Å². The minimum Gasteiger partial charge on any atom is -0.409 e. The quantitative estimate of drug-likeness (QED) is 0.241. The molecule has 0 aliphatic carbocycles. The number of oxime groups is 1. The lowest BCUT2D eigenvalue weighted by molar-refractivity contribution is -0.173. The molecule has 116 valence electrons. The monoisotopic (exact) mass is 305 g/mol. The van der Waals surface area contributed by atoms with Crippen LogP contribution in [0.4, 0.5) is 13.2 Å². The molecule has 0 saturated heterocycles. The summed E-state index contributed by atoms with van der Waals surface area (Å²) >= 11 is 0. The zero-order valence-corrected chi connectivity index (χ0v) is 10.9. The maximum absolute atomic E-state index is 11.8. The van der Waals surface area contributed by atoms with Crippen molar-refractivity contribution in [3.8, 4) is 0 Å². The summed E-state index contributed by atoms with van der Waals surface area (Å²) < 4.78 is 39.8. The van der Waals surface area contributed by atoms with Crippen LogP contribution in [-0.4, -0.2) is 42.9 Å². The van der Waals surface area contributed by atoms with Crippen molar-refractivity contribution in [1.82, 2.24) is 5.32 Å². The number of ether oxygens (including phenoxy) is 1. The fourth-order valence-corrected chi connectivity index (χ4v) is 1.40. The highest BCUT2D eigenvalue weighted by Gasteiger charge is 2.27. The number of nitrogens with two attached hydrogens (primary N) is 1. The number of rotatable bonds is 6. The van der Waals surface area contributed by atoms with Crippen LogP contribution in [-0.2, 0) is 4.74 Å². The Hall–Kier alpha value is -2.29. The second kappa shape index (κ2) is 7.48. The molecular weight excluding hydrogens is 291 g/mol. The third-order valence-corrected chi connectivity index (χ3v) is 2.33. The number of nitrogens with one attached hydrogen (secondary N) is 1. The van der Waals surface area contributed by atoms with Gasteiger partial charge in [-0.3, -0.25) is 4.79 Å². The molecule has 21 heavy (non-hydrogen) atoms. The lowest BCUT2D eigenvalue weighted by atomic mass is 10.1. The molecule has 0 radical (unpaired) electrons. The molecule has 0 atom stereocenters. The number of amidine groups is 1. The molecule has 0 bridgehead atoms. The van der Waals surface area contributed by atoms with E-state index >= 15 is 0 Å². The van der Waals surface area contributed by atoms with Crippen LogP contribution in [0.1, 0.15) is 15.9 Å². The second-order valence-electron chi connectivity index (χ2n) is 3.99. The molecule has 0 saturated carbocycles. The van der Waals surface area contributed by atoms with Crippen LogP contribution in [0.3, 0.4) is 0 Å². The minimum atomic E-state index is -4.39. The maximum atomic E-state index is 11.8. The first-order chi connectivity index (χ1) is 9.83. The number of hydrogen-bond acceptors (Lipinski definition) is 4. The van der Waals surface area contributed by atoms with E-state index in [2.05, 4.69) is 15.2 Å². The Morgan fingerprint density at radius 1 is 1.38 bits per heavy atom. The molecule has 0 fully saturated rings. The Labute approximate surface area is 118 Å². The van der Waals surface area contributed by atoms with Gasteiger partial charge in [-0.05, 0) is 12.1 Å². The number of carbonyl (C=O) groups excluding carboxylic acids is 1. The number of halogens is 3. The van der Waals surface area contributed by atoms with E-state index in [-0.39, 0.29) is 24.6 Å². The molecule has 9 heteroatoms. The van der Waals surface area contributed by atoms with Gasteiger partial charge in [0.1, 0.15) is 6.61 Å². The molecule has 4 N–H and O–H groups in total. The van der Waals surface area contributed by atoms with Crippen LogP contribution >= 0.6 is 0 Å². The molecule has 6 nitrogen and oxygen atoms in total. The van der Waals surface area contributed by atoms with Gasteiger partial charge in [-0.2, -0.15) is 13.2 Å². The van der Waals surface area contributed by atoms with E-state index in [9.17, 15) is 18.0 Å². The summed E-state index contributed by atoms with van der Waals surface area (Å²) in [6.07, 6.45) is -4.39. The van der Waals surface area contributed by atoms with Crippen molar-refractivity contribution in [2.75, 3.05) is 19.8 Å². The van der Waals surface area contributed by atoms with E-state index in [1.54, 1.807) is 0 Å². The van der Waals surface area contributed by atoms with Crippen molar-refractivity contribution < 1.29 is 27.9 Å². The summed E-state index contributed by atoms with van der Waals surface area (Å²) in [5.41, 5.74) is 5.96. The van der Waals surface area contributed by atoms with E-state index in [4.69, 9.17) is 10.9 Å². The number of nitrogens with zero attached hydrogens (tertiary/aromatic N) is 1. The molecule has 0 aliphatic rings. The van der Waals surface area contributed by atoms with Gasteiger partial charge >= 0.3 is 6.18 Å². The third-order valence-electron chi connectivity index (χ3n) is 2.33. The average molecular weight is 305 g/mol. The SMILES string of the molecule is NC(=NO)c1cccc(C(=O)NCCOCC(F)(F)F)c1. The minimum absolute atomic E-state index is 0.0668. The number of carbonyl (C=O) groups is 1. The van der Waals surface area contributed by atoms with Crippen LogP contribution < -0.4 is 11.1 Å². The zero-order valence-electron chi connectivity index (χ0n) is 10.9. The summed E-state index contributed by atoms with van der Waals surface area (Å²) in [7, 11) is 0. The molecule has 0 aromatic heterocycles. The molecule has 0 aliphatic heterocycles. The normalized spacial score (nSPS) is 12.2. The van der Waals surface area contributed by atoms with Crippen molar-refractivity contribution in [3.63, 3.8) is 0 Å². The van der Waals surface area contributed by atoms with Crippen LogP contribution in [0.2, 0.25) is 0 Å².